The van der Waals surface area contributed by atoms with Crippen molar-refractivity contribution in [3.63, 3.8) is 0 Å². The molecule has 3 rings (SSSR count). The number of nitrogens with zero attached hydrogens (tertiary/aromatic N) is 1. The summed E-state index contributed by atoms with van der Waals surface area (Å²) in [5.74, 6) is 1.80. The summed E-state index contributed by atoms with van der Waals surface area (Å²) in [5.41, 5.74) is 3.74. The summed E-state index contributed by atoms with van der Waals surface area (Å²) in [6, 6.07) is 21.1. The van der Waals surface area contributed by atoms with Gasteiger partial charge in [0, 0.05) is 17.9 Å². The molecule has 3 aromatic rings. The maximum absolute atomic E-state index is 12.4. The molecule has 3 aromatic carbocycles. The van der Waals surface area contributed by atoms with Crippen molar-refractivity contribution in [3.05, 3.63) is 89.5 Å². The lowest BCUT2D eigenvalue weighted by Crippen LogP contribution is -2.03. The highest BCUT2D eigenvalue weighted by Gasteiger charge is 2.05. The Kier molecular flexibility index (Phi) is 18.0. The van der Waals surface area contributed by atoms with Gasteiger partial charge in [-0.05, 0) is 85.5 Å². The monoisotopic (exact) mass is 625 g/mol. The van der Waals surface area contributed by atoms with Crippen LogP contribution in [-0.2, 0) is 4.79 Å². The molecule has 0 saturated carbocycles. The van der Waals surface area contributed by atoms with E-state index in [1.54, 1.807) is 18.2 Å². The van der Waals surface area contributed by atoms with Crippen LogP contribution in [0.25, 0.3) is 6.08 Å². The Balaban J connectivity index is 1.38. The van der Waals surface area contributed by atoms with Crippen molar-refractivity contribution in [2.75, 3.05) is 13.2 Å². The average Bonchev–Trinajstić information content (AvgIpc) is 3.07. The van der Waals surface area contributed by atoms with E-state index in [9.17, 15) is 4.79 Å². The number of unbranched alkanes of at least 4 members (excludes halogenated alkanes) is 12. The van der Waals surface area contributed by atoms with Crippen molar-refractivity contribution in [1.82, 2.24) is 0 Å². The van der Waals surface area contributed by atoms with Gasteiger partial charge in [0.1, 0.15) is 17.2 Å². The normalized spacial score (nSPS) is 11.4. The molecule has 0 heterocycles. The Hall–Kier alpha value is -3.86. The fourth-order valence-corrected chi connectivity index (χ4v) is 5.15. The maximum Gasteiger partial charge on any atom is 0.336 e. The number of carbonyl (C=O) groups excluding carboxylic acids is 1. The Morgan fingerprint density at radius 3 is 1.80 bits per heavy atom. The summed E-state index contributed by atoms with van der Waals surface area (Å²) in [5, 5.41) is 0. The highest BCUT2D eigenvalue weighted by Crippen LogP contribution is 2.28. The molecule has 0 bridgehead atoms. The van der Waals surface area contributed by atoms with E-state index in [2.05, 4.69) is 13.8 Å². The standard InChI is InChI=1S/C41H55NO4/c1-4-6-8-10-12-13-15-17-32-45-40-20-18-19-39(34(40)3)42-33-36-23-28-38(29-24-36)46-41(43)30-25-35-21-26-37(27-22-35)44-31-16-14-11-9-7-5-2/h18-30,33H,4-17,31-32H2,1-3H3/b30-25+,42-33?. The van der Waals surface area contributed by atoms with Gasteiger partial charge in [0.25, 0.3) is 0 Å². The van der Waals surface area contributed by atoms with Crippen molar-refractivity contribution in [3.8, 4) is 17.2 Å². The van der Waals surface area contributed by atoms with Gasteiger partial charge in [0.05, 0.1) is 18.9 Å². The molecule has 0 radical (unpaired) electrons. The van der Waals surface area contributed by atoms with E-state index in [1.165, 1.54) is 83.1 Å². The first-order valence-electron chi connectivity index (χ1n) is 17.6. The maximum atomic E-state index is 12.4. The van der Waals surface area contributed by atoms with Gasteiger partial charge in [0.15, 0.2) is 0 Å². The lowest BCUT2D eigenvalue weighted by atomic mass is 10.1. The van der Waals surface area contributed by atoms with Gasteiger partial charge in [-0.3, -0.25) is 4.99 Å². The number of hydrogen-bond acceptors (Lipinski definition) is 5. The highest BCUT2D eigenvalue weighted by molar-refractivity contribution is 5.89. The van der Waals surface area contributed by atoms with Crippen LogP contribution in [0.1, 0.15) is 120 Å². The molecule has 248 valence electrons. The van der Waals surface area contributed by atoms with Gasteiger partial charge < -0.3 is 14.2 Å². The summed E-state index contributed by atoms with van der Waals surface area (Å²) >= 11 is 0. The largest absolute Gasteiger partial charge is 0.494 e. The topological polar surface area (TPSA) is 57.1 Å². The summed E-state index contributed by atoms with van der Waals surface area (Å²) in [6.45, 7) is 8.01. The first-order valence-corrected chi connectivity index (χ1v) is 17.6. The molecule has 5 heteroatoms. The summed E-state index contributed by atoms with van der Waals surface area (Å²) in [7, 11) is 0. The van der Waals surface area contributed by atoms with Crippen LogP contribution in [0.5, 0.6) is 17.2 Å². The molecular formula is C41H55NO4. The van der Waals surface area contributed by atoms with E-state index in [-0.39, 0.29) is 0 Å². The van der Waals surface area contributed by atoms with Crippen molar-refractivity contribution >= 4 is 23.9 Å². The molecule has 46 heavy (non-hydrogen) atoms. The van der Waals surface area contributed by atoms with E-state index >= 15 is 0 Å². The van der Waals surface area contributed by atoms with Crippen LogP contribution < -0.4 is 14.2 Å². The van der Waals surface area contributed by atoms with Crippen LogP contribution >= 0.6 is 0 Å². The minimum atomic E-state index is -0.427. The third-order valence-corrected chi connectivity index (χ3v) is 8.02. The van der Waals surface area contributed by atoms with Crippen molar-refractivity contribution < 1.29 is 19.0 Å². The van der Waals surface area contributed by atoms with Crippen LogP contribution in [0.3, 0.4) is 0 Å². The fraction of sp³-hybridized carbons (Fsp3) is 0.463. The minimum absolute atomic E-state index is 0.427. The van der Waals surface area contributed by atoms with Gasteiger partial charge >= 0.3 is 5.97 Å². The van der Waals surface area contributed by atoms with Crippen molar-refractivity contribution in [2.24, 2.45) is 4.99 Å². The molecule has 5 nitrogen and oxygen atoms in total. The Labute approximate surface area is 278 Å². The number of carbonyl (C=O) groups is 1. The minimum Gasteiger partial charge on any atom is -0.494 e. The molecule has 0 atom stereocenters. The zero-order chi connectivity index (χ0) is 32.7. The van der Waals surface area contributed by atoms with Crippen LogP contribution in [0.15, 0.2) is 77.8 Å². The third-order valence-electron chi connectivity index (χ3n) is 8.02. The van der Waals surface area contributed by atoms with Crippen molar-refractivity contribution in [1.29, 1.82) is 0 Å². The van der Waals surface area contributed by atoms with Gasteiger partial charge in [0.2, 0.25) is 0 Å². The molecule has 0 N–H and O–H groups in total. The lowest BCUT2D eigenvalue weighted by molar-refractivity contribution is -0.128. The number of esters is 1. The summed E-state index contributed by atoms with van der Waals surface area (Å²) < 4.78 is 17.4. The zero-order valence-corrected chi connectivity index (χ0v) is 28.5. The second-order valence-electron chi connectivity index (χ2n) is 12.0. The molecule has 0 spiro atoms. The Bertz CT molecular complexity index is 1310. The van der Waals surface area contributed by atoms with E-state index < -0.39 is 5.97 Å². The third kappa shape index (κ3) is 14.9. The second-order valence-corrected chi connectivity index (χ2v) is 12.0. The molecule has 0 aliphatic rings. The van der Waals surface area contributed by atoms with Gasteiger partial charge in [-0.25, -0.2) is 4.79 Å². The van der Waals surface area contributed by atoms with E-state index in [4.69, 9.17) is 19.2 Å². The molecule has 0 fully saturated rings. The highest BCUT2D eigenvalue weighted by atomic mass is 16.5. The molecular weight excluding hydrogens is 570 g/mol. The van der Waals surface area contributed by atoms with Crippen molar-refractivity contribution in [2.45, 2.75) is 111 Å². The molecule has 0 amide bonds. The predicted molar refractivity (Wildman–Crippen MR) is 193 cm³/mol. The first kappa shape index (κ1) is 36.6. The molecule has 0 aliphatic carbocycles. The Morgan fingerprint density at radius 1 is 0.630 bits per heavy atom. The second kappa shape index (κ2) is 22.6. The quantitative estimate of drug-likeness (QED) is 0.0346. The number of aliphatic imine (C=N–C) groups is 1. The average molecular weight is 626 g/mol. The predicted octanol–water partition coefficient (Wildman–Crippen LogP) is 11.6. The molecule has 0 aliphatic heterocycles. The van der Waals surface area contributed by atoms with Crippen LogP contribution in [0.2, 0.25) is 0 Å². The lowest BCUT2D eigenvalue weighted by Gasteiger charge is -2.10. The number of benzene rings is 3. The number of hydrogen-bond donors (Lipinski definition) is 0. The van der Waals surface area contributed by atoms with E-state index in [1.807, 2.05) is 67.7 Å². The smallest absolute Gasteiger partial charge is 0.336 e. The van der Waals surface area contributed by atoms with Gasteiger partial charge in [-0.15, -0.1) is 0 Å². The van der Waals surface area contributed by atoms with E-state index in [0.717, 1.165) is 59.9 Å². The molecule has 0 saturated heterocycles. The van der Waals surface area contributed by atoms with Gasteiger partial charge in [-0.1, -0.05) is 109 Å². The summed E-state index contributed by atoms with van der Waals surface area (Å²) in [6.07, 6.45) is 22.7. The van der Waals surface area contributed by atoms with Crippen LogP contribution in [0.4, 0.5) is 5.69 Å². The number of rotatable bonds is 23. The fourth-order valence-electron chi connectivity index (χ4n) is 5.15. The summed E-state index contributed by atoms with van der Waals surface area (Å²) in [4.78, 5) is 17.1. The SMILES string of the molecule is CCCCCCCCCCOc1cccc(N=Cc2ccc(OC(=O)/C=C/c3ccc(OCCCCCCCC)cc3)cc2)c1C. The first-order chi connectivity index (χ1) is 22.6. The Morgan fingerprint density at radius 2 is 1.17 bits per heavy atom. The van der Waals surface area contributed by atoms with Crippen LogP contribution in [-0.4, -0.2) is 25.4 Å². The molecule has 0 aromatic heterocycles. The van der Waals surface area contributed by atoms with Gasteiger partial charge in [-0.2, -0.15) is 0 Å². The number of ether oxygens (including phenoxy) is 3. The van der Waals surface area contributed by atoms with E-state index in [0.29, 0.717) is 5.75 Å². The zero-order valence-electron chi connectivity index (χ0n) is 28.5. The van der Waals surface area contributed by atoms with Crippen LogP contribution in [0, 0.1) is 6.92 Å². The molecule has 0 unspecified atom stereocenters.